The van der Waals surface area contributed by atoms with Gasteiger partial charge in [0, 0.05) is 5.56 Å². The maximum atomic E-state index is 14.2. The summed E-state index contributed by atoms with van der Waals surface area (Å²) in [4.78, 5) is 0. The normalized spacial score (nSPS) is 16.4. The molecule has 0 heterocycles. The molecule has 0 radical (unpaired) electrons. The number of benzene rings is 2. The highest BCUT2D eigenvalue weighted by Gasteiger charge is 2.39. The summed E-state index contributed by atoms with van der Waals surface area (Å²) in [7, 11) is 0. The van der Waals surface area contributed by atoms with Crippen LogP contribution in [0.15, 0.2) is 40.9 Å². The second-order valence-electron chi connectivity index (χ2n) is 5.00. The highest BCUT2D eigenvalue weighted by Crippen LogP contribution is 2.39. The van der Waals surface area contributed by atoms with Gasteiger partial charge in [-0.1, -0.05) is 24.3 Å². The zero-order valence-electron chi connectivity index (χ0n) is 10.1. The largest absolute Gasteiger partial charge is 0.321 e. The second-order valence-corrected chi connectivity index (χ2v) is 5.85. The van der Waals surface area contributed by atoms with Gasteiger partial charge < -0.3 is 5.73 Å². The van der Waals surface area contributed by atoms with Gasteiger partial charge in [0.2, 0.25) is 0 Å². The second kappa shape index (κ2) is 4.39. The molecule has 1 aliphatic carbocycles. The van der Waals surface area contributed by atoms with Crippen LogP contribution in [-0.4, -0.2) is 0 Å². The molecule has 0 saturated carbocycles. The average Bonchev–Trinajstić information content (AvgIpc) is 2.71. The van der Waals surface area contributed by atoms with Gasteiger partial charge in [0.15, 0.2) is 0 Å². The van der Waals surface area contributed by atoms with Gasteiger partial charge in [0.1, 0.15) is 11.6 Å². The number of halogens is 3. The van der Waals surface area contributed by atoms with Crippen molar-refractivity contribution in [3.05, 3.63) is 69.2 Å². The van der Waals surface area contributed by atoms with Crippen molar-refractivity contribution in [1.29, 1.82) is 0 Å². The van der Waals surface area contributed by atoms with Crippen molar-refractivity contribution in [2.24, 2.45) is 5.73 Å². The van der Waals surface area contributed by atoms with Gasteiger partial charge in [-0.3, -0.25) is 0 Å². The van der Waals surface area contributed by atoms with Crippen LogP contribution in [0.1, 0.15) is 16.7 Å². The summed E-state index contributed by atoms with van der Waals surface area (Å²) in [5, 5.41) is 0. The van der Waals surface area contributed by atoms with E-state index in [1.165, 1.54) is 12.1 Å². The monoisotopic (exact) mass is 323 g/mol. The van der Waals surface area contributed by atoms with Crippen LogP contribution in [0.5, 0.6) is 0 Å². The first kappa shape index (κ1) is 12.8. The lowest BCUT2D eigenvalue weighted by Gasteiger charge is -2.25. The summed E-state index contributed by atoms with van der Waals surface area (Å²) in [6, 6.07) is 10.4. The molecule has 0 fully saturated rings. The summed E-state index contributed by atoms with van der Waals surface area (Å²) in [6.07, 6.45) is 0.904. The van der Waals surface area contributed by atoms with Crippen LogP contribution in [0.2, 0.25) is 0 Å². The van der Waals surface area contributed by atoms with Crippen molar-refractivity contribution < 1.29 is 8.78 Å². The maximum Gasteiger partial charge on any atom is 0.145 e. The highest BCUT2D eigenvalue weighted by molar-refractivity contribution is 9.10. The van der Waals surface area contributed by atoms with E-state index in [2.05, 4.69) is 15.9 Å². The van der Waals surface area contributed by atoms with E-state index in [0.717, 1.165) is 11.1 Å². The maximum absolute atomic E-state index is 14.2. The lowest BCUT2D eigenvalue weighted by molar-refractivity contribution is 0.411. The third-order valence-electron chi connectivity index (χ3n) is 3.67. The Kier molecular flexibility index (Phi) is 2.95. The van der Waals surface area contributed by atoms with Crippen molar-refractivity contribution in [2.75, 3.05) is 0 Å². The number of rotatable bonds is 1. The molecule has 19 heavy (non-hydrogen) atoms. The van der Waals surface area contributed by atoms with Crippen molar-refractivity contribution in [1.82, 2.24) is 0 Å². The Labute approximate surface area is 118 Å². The molecule has 0 saturated heterocycles. The minimum Gasteiger partial charge on any atom is -0.321 e. The van der Waals surface area contributed by atoms with Gasteiger partial charge in [-0.2, -0.15) is 0 Å². The number of nitrogens with two attached hydrogens (primary N) is 1. The van der Waals surface area contributed by atoms with Crippen LogP contribution in [0.3, 0.4) is 0 Å². The molecular weight excluding hydrogens is 312 g/mol. The molecule has 98 valence electrons. The van der Waals surface area contributed by atoms with E-state index in [9.17, 15) is 8.78 Å². The molecule has 0 aromatic heterocycles. The first-order chi connectivity index (χ1) is 9.01. The smallest absolute Gasteiger partial charge is 0.145 e. The summed E-state index contributed by atoms with van der Waals surface area (Å²) in [6.45, 7) is 0. The predicted octanol–water partition coefficient (Wildman–Crippen LogP) is 3.68. The summed E-state index contributed by atoms with van der Waals surface area (Å²) >= 11 is 3.09. The first-order valence-electron chi connectivity index (χ1n) is 6.01. The molecule has 0 amide bonds. The predicted molar refractivity (Wildman–Crippen MR) is 73.8 cm³/mol. The van der Waals surface area contributed by atoms with Crippen LogP contribution in [0.4, 0.5) is 8.78 Å². The molecule has 0 atom stereocenters. The molecule has 0 unspecified atom stereocenters. The quantitative estimate of drug-likeness (QED) is 0.796. The Balaban J connectivity index is 2.12. The minimum absolute atomic E-state index is 0.0296. The number of hydrogen-bond acceptors (Lipinski definition) is 1. The van der Waals surface area contributed by atoms with Crippen LogP contribution in [-0.2, 0) is 18.4 Å². The molecular formula is C15H12BrF2N. The van der Waals surface area contributed by atoms with Crippen LogP contribution in [0.25, 0.3) is 0 Å². The number of hydrogen-bond donors (Lipinski definition) is 1. The van der Waals surface area contributed by atoms with Crippen molar-refractivity contribution in [2.45, 2.75) is 18.4 Å². The Bertz CT molecular complexity index is 630. The van der Waals surface area contributed by atoms with Gasteiger partial charge in [-0.15, -0.1) is 0 Å². The summed E-state index contributed by atoms with van der Waals surface area (Å²) < 4.78 is 28.5. The summed E-state index contributed by atoms with van der Waals surface area (Å²) in [5.41, 5.74) is 7.38. The molecule has 3 rings (SSSR count). The van der Waals surface area contributed by atoms with Crippen LogP contribution >= 0.6 is 15.9 Å². The zero-order valence-corrected chi connectivity index (χ0v) is 11.7. The first-order valence-corrected chi connectivity index (χ1v) is 6.80. The van der Waals surface area contributed by atoms with Gasteiger partial charge in [0.05, 0.1) is 10.0 Å². The summed E-state index contributed by atoms with van der Waals surface area (Å²) in [5.74, 6) is -1.19. The van der Waals surface area contributed by atoms with Crippen molar-refractivity contribution in [3.8, 4) is 0 Å². The highest BCUT2D eigenvalue weighted by atomic mass is 79.9. The zero-order chi connectivity index (χ0) is 13.6. The SMILES string of the molecule is NC1(c2c(F)ccc(Br)c2F)Cc2ccccc2C1. The Morgan fingerprint density at radius 2 is 1.58 bits per heavy atom. The van der Waals surface area contributed by atoms with Crippen LogP contribution < -0.4 is 5.73 Å². The standard InChI is InChI=1S/C15H12BrF2N/c16-11-5-6-12(17)13(14(11)18)15(19)7-9-3-1-2-4-10(9)8-15/h1-6H,7-8,19H2. The van der Waals surface area contributed by atoms with E-state index in [1.54, 1.807) is 0 Å². The molecule has 2 N–H and O–H groups in total. The van der Waals surface area contributed by atoms with E-state index < -0.39 is 17.2 Å². The molecule has 0 spiro atoms. The Morgan fingerprint density at radius 3 is 2.16 bits per heavy atom. The average molecular weight is 324 g/mol. The molecule has 2 aromatic carbocycles. The van der Waals surface area contributed by atoms with E-state index in [4.69, 9.17) is 5.73 Å². The van der Waals surface area contributed by atoms with Gasteiger partial charge in [-0.05, 0) is 52.0 Å². The molecule has 0 bridgehead atoms. The topological polar surface area (TPSA) is 26.0 Å². The molecule has 1 aliphatic rings. The Morgan fingerprint density at radius 1 is 1.00 bits per heavy atom. The fourth-order valence-corrected chi connectivity index (χ4v) is 3.14. The molecule has 1 nitrogen and oxygen atoms in total. The minimum atomic E-state index is -1.01. The molecule has 2 aromatic rings. The third-order valence-corrected chi connectivity index (χ3v) is 4.28. The third kappa shape index (κ3) is 1.99. The fraction of sp³-hybridized carbons (Fsp3) is 0.200. The fourth-order valence-electron chi connectivity index (χ4n) is 2.80. The van der Waals surface area contributed by atoms with Gasteiger partial charge in [0.25, 0.3) is 0 Å². The Hall–Kier alpha value is -1.26. The lowest BCUT2D eigenvalue weighted by Crippen LogP contribution is -2.39. The van der Waals surface area contributed by atoms with Gasteiger partial charge >= 0.3 is 0 Å². The van der Waals surface area contributed by atoms with E-state index in [1.807, 2.05) is 24.3 Å². The molecule has 0 aliphatic heterocycles. The van der Waals surface area contributed by atoms with E-state index in [0.29, 0.717) is 12.8 Å². The van der Waals surface area contributed by atoms with E-state index >= 15 is 0 Å². The van der Waals surface area contributed by atoms with Crippen molar-refractivity contribution >= 4 is 15.9 Å². The van der Waals surface area contributed by atoms with Gasteiger partial charge in [-0.25, -0.2) is 8.78 Å². The van der Waals surface area contributed by atoms with Crippen LogP contribution in [0, 0.1) is 11.6 Å². The van der Waals surface area contributed by atoms with Crippen molar-refractivity contribution in [3.63, 3.8) is 0 Å². The van der Waals surface area contributed by atoms with E-state index in [-0.39, 0.29) is 10.0 Å². The number of fused-ring (bicyclic) bond motifs is 1. The lowest BCUT2D eigenvalue weighted by atomic mass is 9.87. The molecule has 4 heteroatoms.